The second kappa shape index (κ2) is 7.56. The second-order valence-electron chi connectivity index (χ2n) is 6.11. The zero-order valence-electron chi connectivity index (χ0n) is 14.1. The number of amides is 1. The van der Waals surface area contributed by atoms with Gasteiger partial charge in [0.25, 0.3) is 0 Å². The van der Waals surface area contributed by atoms with Crippen LogP contribution in [-0.2, 0) is 17.4 Å². The van der Waals surface area contributed by atoms with E-state index < -0.39 is 11.9 Å². The molecule has 1 saturated heterocycles. The van der Waals surface area contributed by atoms with Crippen molar-refractivity contribution in [1.29, 1.82) is 0 Å². The molecule has 0 atom stereocenters. The highest BCUT2D eigenvalue weighted by Gasteiger charge is 2.33. The van der Waals surface area contributed by atoms with Gasteiger partial charge >= 0.3 is 6.18 Å². The minimum atomic E-state index is -4.50. The Kier molecular flexibility index (Phi) is 5.40. The third kappa shape index (κ3) is 4.69. The number of piperidine rings is 1. The highest BCUT2D eigenvalue weighted by Crippen LogP contribution is 2.28. The Morgan fingerprint density at radius 2 is 2.04 bits per heavy atom. The van der Waals surface area contributed by atoms with Crippen molar-refractivity contribution in [3.05, 3.63) is 34.2 Å². The number of alkyl halides is 3. The van der Waals surface area contributed by atoms with Crippen LogP contribution in [0.2, 0.25) is 0 Å². The molecule has 0 bridgehead atoms. The predicted octanol–water partition coefficient (Wildman–Crippen LogP) is 2.91. The molecule has 0 saturated carbocycles. The number of hydrogen-bond acceptors (Lipinski definition) is 6. The Balaban J connectivity index is 1.51. The van der Waals surface area contributed by atoms with Gasteiger partial charge in [-0.05, 0) is 19.8 Å². The van der Waals surface area contributed by atoms with Gasteiger partial charge in [0, 0.05) is 36.3 Å². The Hall–Kier alpha value is -2.23. The molecule has 3 rings (SSSR count). The number of likely N-dealkylation sites (tertiary alicyclic amines) is 1. The van der Waals surface area contributed by atoms with Crippen molar-refractivity contribution in [3.8, 4) is 0 Å². The number of thiazole rings is 1. The molecule has 1 amide bonds. The first-order valence-electron chi connectivity index (χ1n) is 8.16. The quantitative estimate of drug-likeness (QED) is 0.876. The SMILES string of the molecule is Cc1ncc(CC(=O)N2CCC(Nc3cc(C(F)(F)F)ncn3)CC2)s1. The van der Waals surface area contributed by atoms with E-state index in [1.54, 1.807) is 11.1 Å². The fourth-order valence-electron chi connectivity index (χ4n) is 2.82. The largest absolute Gasteiger partial charge is 0.433 e. The molecule has 2 aromatic heterocycles. The zero-order chi connectivity index (χ0) is 18.7. The lowest BCUT2D eigenvalue weighted by molar-refractivity contribution is -0.141. The van der Waals surface area contributed by atoms with Gasteiger partial charge in [0.05, 0.1) is 11.4 Å². The highest BCUT2D eigenvalue weighted by molar-refractivity contribution is 7.11. The van der Waals surface area contributed by atoms with Gasteiger partial charge in [-0.1, -0.05) is 0 Å². The van der Waals surface area contributed by atoms with Crippen LogP contribution in [0.1, 0.15) is 28.4 Å². The topological polar surface area (TPSA) is 71.0 Å². The number of carbonyl (C=O) groups is 1. The third-order valence-corrected chi connectivity index (χ3v) is 5.06. The first kappa shape index (κ1) is 18.6. The van der Waals surface area contributed by atoms with Crippen LogP contribution in [0.4, 0.5) is 19.0 Å². The van der Waals surface area contributed by atoms with Crippen LogP contribution >= 0.6 is 11.3 Å². The monoisotopic (exact) mass is 385 g/mol. The maximum atomic E-state index is 12.7. The van der Waals surface area contributed by atoms with Gasteiger partial charge in [0.15, 0.2) is 0 Å². The lowest BCUT2D eigenvalue weighted by Crippen LogP contribution is -2.43. The number of carbonyl (C=O) groups excluding carboxylic acids is 1. The maximum absolute atomic E-state index is 12.7. The van der Waals surface area contributed by atoms with Crippen molar-refractivity contribution >= 4 is 23.1 Å². The summed E-state index contributed by atoms with van der Waals surface area (Å²) in [5.41, 5.74) is -0.970. The van der Waals surface area contributed by atoms with Crippen LogP contribution in [-0.4, -0.2) is 44.9 Å². The van der Waals surface area contributed by atoms with E-state index in [4.69, 9.17) is 0 Å². The van der Waals surface area contributed by atoms with E-state index in [-0.39, 0.29) is 17.8 Å². The first-order valence-corrected chi connectivity index (χ1v) is 8.98. The van der Waals surface area contributed by atoms with Crippen molar-refractivity contribution in [3.63, 3.8) is 0 Å². The van der Waals surface area contributed by atoms with Crippen LogP contribution < -0.4 is 5.32 Å². The predicted molar refractivity (Wildman–Crippen MR) is 90.8 cm³/mol. The van der Waals surface area contributed by atoms with E-state index in [0.717, 1.165) is 22.3 Å². The third-order valence-electron chi connectivity index (χ3n) is 4.15. The molecule has 2 aromatic rings. The van der Waals surface area contributed by atoms with Crippen molar-refractivity contribution in [2.45, 2.75) is 38.4 Å². The second-order valence-corrected chi connectivity index (χ2v) is 7.43. The van der Waals surface area contributed by atoms with Gasteiger partial charge in [-0.15, -0.1) is 11.3 Å². The highest BCUT2D eigenvalue weighted by atomic mass is 32.1. The number of nitrogens with zero attached hydrogens (tertiary/aromatic N) is 4. The molecule has 0 unspecified atom stereocenters. The van der Waals surface area contributed by atoms with E-state index in [2.05, 4.69) is 20.3 Å². The van der Waals surface area contributed by atoms with Crippen molar-refractivity contribution < 1.29 is 18.0 Å². The van der Waals surface area contributed by atoms with Crippen molar-refractivity contribution in [1.82, 2.24) is 19.9 Å². The number of anilines is 1. The van der Waals surface area contributed by atoms with Gasteiger partial charge in [0.2, 0.25) is 5.91 Å². The Labute approximate surface area is 152 Å². The van der Waals surface area contributed by atoms with Crippen molar-refractivity contribution in [2.75, 3.05) is 18.4 Å². The molecule has 1 aliphatic heterocycles. The number of aryl methyl sites for hydroxylation is 1. The Morgan fingerprint density at radius 3 is 2.65 bits per heavy atom. The van der Waals surface area contributed by atoms with Gasteiger partial charge in [0.1, 0.15) is 17.8 Å². The minimum Gasteiger partial charge on any atom is -0.367 e. The number of rotatable bonds is 4. The summed E-state index contributed by atoms with van der Waals surface area (Å²) in [7, 11) is 0. The van der Waals surface area contributed by atoms with E-state index >= 15 is 0 Å². The molecule has 0 spiro atoms. The summed E-state index contributed by atoms with van der Waals surface area (Å²) in [4.78, 5) is 26.3. The summed E-state index contributed by atoms with van der Waals surface area (Å²) in [5.74, 6) is 0.200. The molecular formula is C16H18F3N5OS. The normalized spacial score (nSPS) is 15.9. The van der Waals surface area contributed by atoms with Gasteiger partial charge in [-0.25, -0.2) is 15.0 Å². The molecular weight excluding hydrogens is 367 g/mol. The fourth-order valence-corrected chi connectivity index (χ4v) is 3.61. The van der Waals surface area contributed by atoms with E-state index in [9.17, 15) is 18.0 Å². The van der Waals surface area contributed by atoms with Crippen LogP contribution in [0, 0.1) is 6.92 Å². The number of hydrogen-bond donors (Lipinski definition) is 1. The molecule has 0 radical (unpaired) electrons. The van der Waals surface area contributed by atoms with Gasteiger partial charge in [-0.2, -0.15) is 13.2 Å². The molecule has 6 nitrogen and oxygen atoms in total. The smallest absolute Gasteiger partial charge is 0.367 e. The van der Waals surface area contributed by atoms with Crippen LogP contribution in [0.3, 0.4) is 0 Å². The van der Waals surface area contributed by atoms with E-state index in [1.807, 2.05) is 6.92 Å². The molecule has 140 valence electrons. The summed E-state index contributed by atoms with van der Waals surface area (Å²) in [6.45, 7) is 3.02. The van der Waals surface area contributed by atoms with Crippen LogP contribution in [0.15, 0.2) is 18.6 Å². The van der Waals surface area contributed by atoms with Gasteiger partial charge < -0.3 is 10.2 Å². The summed E-state index contributed by atoms with van der Waals surface area (Å²) < 4.78 is 38.1. The fraction of sp³-hybridized carbons (Fsp3) is 0.500. The number of nitrogens with one attached hydrogen (secondary N) is 1. The number of aromatic nitrogens is 3. The summed E-state index contributed by atoms with van der Waals surface area (Å²) in [5, 5.41) is 3.94. The lowest BCUT2D eigenvalue weighted by atomic mass is 10.0. The average Bonchev–Trinajstić information content (AvgIpc) is 3.00. The molecule has 1 aliphatic rings. The van der Waals surface area contributed by atoms with Crippen LogP contribution in [0.5, 0.6) is 0 Å². The van der Waals surface area contributed by atoms with E-state index in [1.165, 1.54) is 11.3 Å². The summed E-state index contributed by atoms with van der Waals surface area (Å²) in [6, 6.07) is 0.879. The lowest BCUT2D eigenvalue weighted by Gasteiger charge is -2.32. The van der Waals surface area contributed by atoms with E-state index in [0.29, 0.717) is 32.4 Å². The minimum absolute atomic E-state index is 0.0271. The molecule has 3 heterocycles. The maximum Gasteiger partial charge on any atom is 0.433 e. The summed E-state index contributed by atoms with van der Waals surface area (Å²) >= 11 is 1.51. The molecule has 0 aliphatic carbocycles. The standard InChI is InChI=1S/C16H18F3N5OS/c1-10-20-8-12(26-10)6-15(25)24-4-2-11(3-5-24)23-14-7-13(16(17,18)19)21-9-22-14/h7-9,11H,2-6H2,1H3,(H,21,22,23). The van der Waals surface area contributed by atoms with Gasteiger partial charge in [-0.3, -0.25) is 4.79 Å². The zero-order valence-corrected chi connectivity index (χ0v) is 14.9. The number of halogens is 3. The summed E-state index contributed by atoms with van der Waals surface area (Å²) in [6.07, 6.45) is -0.230. The molecule has 26 heavy (non-hydrogen) atoms. The molecule has 10 heteroatoms. The Bertz CT molecular complexity index is 771. The Morgan fingerprint density at radius 1 is 1.31 bits per heavy atom. The van der Waals surface area contributed by atoms with Crippen molar-refractivity contribution in [2.24, 2.45) is 0 Å². The first-order chi connectivity index (χ1) is 12.3. The molecule has 1 fully saturated rings. The van der Waals surface area contributed by atoms with Crippen LogP contribution in [0.25, 0.3) is 0 Å². The average molecular weight is 385 g/mol. The molecule has 1 N–H and O–H groups in total. The molecule has 0 aromatic carbocycles.